The highest BCUT2D eigenvalue weighted by molar-refractivity contribution is 5.94. The molecule has 0 aliphatic carbocycles. The van der Waals surface area contributed by atoms with Crippen LogP contribution in [0.3, 0.4) is 0 Å². The van der Waals surface area contributed by atoms with Gasteiger partial charge in [-0.1, -0.05) is 0 Å². The lowest BCUT2D eigenvalue weighted by molar-refractivity contribution is 0.0687. The zero-order valence-electron chi connectivity index (χ0n) is 15.7. The van der Waals surface area contributed by atoms with Crippen molar-refractivity contribution >= 4 is 23.3 Å². The number of halogens is 4. The Balaban J connectivity index is 2.02. The van der Waals surface area contributed by atoms with Gasteiger partial charge in [0.05, 0.1) is 11.1 Å². The third-order valence-electron chi connectivity index (χ3n) is 4.13. The summed E-state index contributed by atoms with van der Waals surface area (Å²) in [4.78, 5) is 22.2. The van der Waals surface area contributed by atoms with Gasteiger partial charge in [-0.3, -0.25) is 0 Å². The second kappa shape index (κ2) is 8.34. The number of anilines is 2. The second-order valence-electron chi connectivity index (χ2n) is 6.23. The number of nitrogen functional groups attached to an aromatic ring is 2. The van der Waals surface area contributed by atoms with Crippen LogP contribution in [0.25, 0.3) is 0 Å². The number of hydrogen-bond donors (Lipinski definition) is 4. The highest BCUT2D eigenvalue weighted by Gasteiger charge is 2.29. The quantitative estimate of drug-likeness (QED) is 0.245. The number of benzene rings is 3. The Hall–Kier alpha value is -4.48. The van der Waals surface area contributed by atoms with Gasteiger partial charge in [0.2, 0.25) is 34.8 Å². The molecule has 0 aromatic heterocycles. The zero-order chi connectivity index (χ0) is 23.7. The lowest BCUT2D eigenvalue weighted by Gasteiger charge is -2.14. The number of nitrogens with two attached hydrogens (primary N) is 2. The van der Waals surface area contributed by atoms with E-state index in [1.165, 1.54) is 0 Å². The first-order valence-corrected chi connectivity index (χ1v) is 8.48. The molecule has 0 bridgehead atoms. The predicted molar refractivity (Wildman–Crippen MR) is 102 cm³/mol. The number of ether oxygens (including phenoxy) is 2. The normalized spacial score (nSPS) is 10.6. The summed E-state index contributed by atoms with van der Waals surface area (Å²) in [5.41, 5.74) is 9.61. The summed E-state index contributed by atoms with van der Waals surface area (Å²) < 4.78 is 67.5. The predicted octanol–water partition coefficient (Wildman–Crippen LogP) is 4.39. The van der Waals surface area contributed by atoms with Crippen LogP contribution in [0.1, 0.15) is 20.7 Å². The topological polar surface area (TPSA) is 145 Å². The average molecular weight is 452 g/mol. The minimum absolute atomic E-state index is 0.184. The molecule has 0 saturated carbocycles. The third kappa shape index (κ3) is 4.05. The fourth-order valence-electron chi connectivity index (χ4n) is 2.57. The van der Waals surface area contributed by atoms with Gasteiger partial charge in [0.25, 0.3) is 0 Å². The van der Waals surface area contributed by atoms with Gasteiger partial charge < -0.3 is 31.2 Å². The van der Waals surface area contributed by atoms with Crippen molar-refractivity contribution in [3.8, 4) is 23.0 Å². The van der Waals surface area contributed by atoms with Gasteiger partial charge >= 0.3 is 11.9 Å². The Labute approximate surface area is 176 Å². The molecule has 32 heavy (non-hydrogen) atoms. The third-order valence-corrected chi connectivity index (χ3v) is 4.13. The first kappa shape index (κ1) is 22.2. The van der Waals surface area contributed by atoms with E-state index in [9.17, 15) is 27.2 Å². The van der Waals surface area contributed by atoms with Crippen molar-refractivity contribution in [1.82, 2.24) is 0 Å². The van der Waals surface area contributed by atoms with E-state index in [1.807, 2.05) is 0 Å². The molecule has 0 heterocycles. The molecule has 3 rings (SSSR count). The van der Waals surface area contributed by atoms with Crippen LogP contribution in [0.15, 0.2) is 36.4 Å². The van der Waals surface area contributed by atoms with Gasteiger partial charge in [-0.25, -0.2) is 9.59 Å². The van der Waals surface area contributed by atoms with Gasteiger partial charge in [-0.2, -0.15) is 17.6 Å². The van der Waals surface area contributed by atoms with Gasteiger partial charge in [-0.15, -0.1) is 0 Å². The maximum Gasteiger partial charge on any atom is 0.337 e. The Morgan fingerprint density at radius 2 is 0.969 bits per heavy atom. The van der Waals surface area contributed by atoms with Crippen LogP contribution >= 0.6 is 0 Å². The van der Waals surface area contributed by atoms with Crippen molar-refractivity contribution in [3.05, 3.63) is 70.8 Å². The summed E-state index contributed by atoms with van der Waals surface area (Å²) in [6, 6.07) is 5.78. The molecule has 12 heteroatoms. The maximum atomic E-state index is 14.5. The van der Waals surface area contributed by atoms with Crippen molar-refractivity contribution in [3.63, 3.8) is 0 Å². The van der Waals surface area contributed by atoms with Crippen LogP contribution in [-0.4, -0.2) is 22.2 Å². The zero-order valence-corrected chi connectivity index (χ0v) is 15.7. The second-order valence-corrected chi connectivity index (χ2v) is 6.23. The minimum atomic E-state index is -1.98. The number of aromatic carboxylic acids is 2. The summed E-state index contributed by atoms with van der Waals surface area (Å²) in [7, 11) is 0. The molecular formula is C20H12F4N2O6. The van der Waals surface area contributed by atoms with Gasteiger partial charge in [0.15, 0.2) is 0 Å². The summed E-state index contributed by atoms with van der Waals surface area (Å²) in [6.45, 7) is 0. The molecule has 0 atom stereocenters. The number of carbonyl (C=O) groups is 2. The van der Waals surface area contributed by atoms with E-state index < -0.39 is 69.3 Å². The number of carboxylic acid groups (broad SMARTS) is 2. The summed E-state index contributed by atoms with van der Waals surface area (Å²) in [5.74, 6) is -14.8. The first-order valence-electron chi connectivity index (χ1n) is 8.48. The first-order chi connectivity index (χ1) is 15.0. The molecule has 0 unspecified atom stereocenters. The maximum absolute atomic E-state index is 14.5. The minimum Gasteiger partial charge on any atom is -0.478 e. The Bertz CT molecular complexity index is 1140. The van der Waals surface area contributed by atoms with Crippen molar-refractivity contribution in [2.45, 2.75) is 0 Å². The molecular weight excluding hydrogens is 440 g/mol. The molecule has 166 valence electrons. The van der Waals surface area contributed by atoms with Gasteiger partial charge in [0, 0.05) is 11.4 Å². The van der Waals surface area contributed by atoms with Gasteiger partial charge in [0.1, 0.15) is 11.5 Å². The Morgan fingerprint density at radius 3 is 1.25 bits per heavy atom. The SMILES string of the molecule is Nc1ccc(Oc2c(F)c(F)c(Oc3ccc(N)c(C(=O)O)c3)c(F)c2F)cc1C(=O)O. The van der Waals surface area contributed by atoms with Crippen LogP contribution in [0.5, 0.6) is 23.0 Å². The van der Waals surface area contributed by atoms with E-state index in [4.69, 9.17) is 31.2 Å². The number of rotatable bonds is 6. The van der Waals surface area contributed by atoms with E-state index in [0.717, 1.165) is 36.4 Å². The fourth-order valence-corrected chi connectivity index (χ4v) is 2.57. The largest absolute Gasteiger partial charge is 0.478 e. The number of hydrogen-bond acceptors (Lipinski definition) is 6. The molecule has 0 saturated heterocycles. The monoisotopic (exact) mass is 452 g/mol. The molecule has 0 amide bonds. The summed E-state index contributed by atoms with van der Waals surface area (Å²) in [6.07, 6.45) is 0. The van der Waals surface area contributed by atoms with E-state index in [1.54, 1.807) is 0 Å². The molecule has 6 N–H and O–H groups in total. The molecule has 0 aliphatic rings. The van der Waals surface area contributed by atoms with Crippen LogP contribution in [-0.2, 0) is 0 Å². The van der Waals surface area contributed by atoms with Crippen LogP contribution < -0.4 is 20.9 Å². The van der Waals surface area contributed by atoms with E-state index in [2.05, 4.69) is 0 Å². The molecule has 3 aromatic rings. The van der Waals surface area contributed by atoms with Crippen molar-refractivity contribution in [2.24, 2.45) is 0 Å². The standard InChI is InChI=1S/C20H12F4N2O6/c21-13-15(23)18(32-8-2-4-12(26)10(6-8)20(29)30)16(24)14(22)17(13)31-7-1-3-11(25)9(5-7)19(27)28/h1-6H,25-26H2,(H,27,28)(H,29,30). The van der Waals surface area contributed by atoms with Crippen molar-refractivity contribution in [2.75, 3.05) is 11.5 Å². The lowest BCUT2D eigenvalue weighted by Crippen LogP contribution is -2.06. The van der Waals surface area contributed by atoms with Crippen molar-refractivity contribution < 1.29 is 46.8 Å². The van der Waals surface area contributed by atoms with Crippen LogP contribution in [0, 0.1) is 23.3 Å². The number of carboxylic acids is 2. The summed E-state index contributed by atoms with van der Waals surface area (Å²) in [5, 5.41) is 18.1. The van der Waals surface area contributed by atoms with Crippen LogP contribution in [0.2, 0.25) is 0 Å². The molecule has 3 aromatic carbocycles. The highest BCUT2D eigenvalue weighted by atomic mass is 19.2. The summed E-state index contributed by atoms with van der Waals surface area (Å²) >= 11 is 0. The van der Waals surface area contributed by atoms with Gasteiger partial charge in [-0.05, 0) is 36.4 Å². The van der Waals surface area contributed by atoms with Crippen molar-refractivity contribution in [1.29, 1.82) is 0 Å². The van der Waals surface area contributed by atoms with E-state index in [-0.39, 0.29) is 11.4 Å². The van der Waals surface area contributed by atoms with Crippen LogP contribution in [0.4, 0.5) is 28.9 Å². The Kier molecular flexibility index (Phi) is 5.79. The van der Waals surface area contributed by atoms with E-state index in [0.29, 0.717) is 0 Å². The lowest BCUT2D eigenvalue weighted by atomic mass is 10.1. The molecule has 8 nitrogen and oxygen atoms in total. The Morgan fingerprint density at radius 1 is 0.656 bits per heavy atom. The molecule has 0 spiro atoms. The highest BCUT2D eigenvalue weighted by Crippen LogP contribution is 2.39. The molecule has 0 aliphatic heterocycles. The average Bonchev–Trinajstić information content (AvgIpc) is 2.74. The molecule has 0 fully saturated rings. The van der Waals surface area contributed by atoms with E-state index >= 15 is 0 Å². The fraction of sp³-hybridized carbons (Fsp3) is 0. The smallest absolute Gasteiger partial charge is 0.337 e. The molecule has 0 radical (unpaired) electrons.